The first-order valence-electron chi connectivity index (χ1n) is 9.55. The number of primary amides is 1. The number of hydrogen-bond acceptors (Lipinski definition) is 6. The summed E-state index contributed by atoms with van der Waals surface area (Å²) >= 11 is 0. The van der Waals surface area contributed by atoms with E-state index in [9.17, 15) is 28.8 Å². The van der Waals surface area contributed by atoms with E-state index in [1.165, 1.54) is 0 Å². The van der Waals surface area contributed by atoms with Crippen molar-refractivity contribution in [1.82, 2.24) is 26.6 Å². The quantitative estimate of drug-likeness (QED) is 0.128. The molecule has 12 heteroatoms. The lowest BCUT2D eigenvalue weighted by molar-refractivity contribution is -0.130. The fourth-order valence-electron chi connectivity index (χ4n) is 1.96. The van der Waals surface area contributed by atoms with Gasteiger partial charge in [0.2, 0.25) is 35.4 Å². The van der Waals surface area contributed by atoms with Crippen LogP contribution in [0.3, 0.4) is 0 Å². The summed E-state index contributed by atoms with van der Waals surface area (Å²) in [7, 11) is 0. The molecule has 0 aromatic rings. The van der Waals surface area contributed by atoms with Crippen molar-refractivity contribution in [3.63, 3.8) is 0 Å². The lowest BCUT2D eigenvalue weighted by atomic mass is 10.2. The first kappa shape index (κ1) is 26.6. The minimum absolute atomic E-state index is 0.287. The minimum atomic E-state index is -0.732. The Morgan fingerprint density at radius 3 is 1.90 bits per heavy atom. The summed E-state index contributed by atoms with van der Waals surface area (Å²) in [5.74, 6) is -3.62. The number of rotatable bonds is 14. The summed E-state index contributed by atoms with van der Waals surface area (Å²) in [5, 5.41) is 11.9. The van der Waals surface area contributed by atoms with Gasteiger partial charge in [-0.3, -0.25) is 28.8 Å². The van der Waals surface area contributed by atoms with E-state index in [1.54, 1.807) is 6.92 Å². The minimum Gasteiger partial charge on any atom is -0.368 e. The molecular weight excluding hydrogens is 396 g/mol. The molecule has 12 nitrogen and oxygen atoms in total. The van der Waals surface area contributed by atoms with E-state index in [-0.39, 0.29) is 19.0 Å². The predicted molar refractivity (Wildman–Crippen MR) is 108 cm³/mol. The topological polar surface area (TPSA) is 189 Å². The van der Waals surface area contributed by atoms with Crippen molar-refractivity contribution >= 4 is 35.4 Å². The Bertz CT molecular complexity index is 664. The van der Waals surface area contributed by atoms with E-state index < -0.39 is 42.1 Å². The summed E-state index contributed by atoms with van der Waals surface area (Å²) in [5.41, 5.74) is 4.85. The lowest BCUT2D eigenvalue weighted by Gasteiger charge is -2.17. The lowest BCUT2D eigenvalue weighted by Crippen LogP contribution is -2.50. The first-order chi connectivity index (χ1) is 14.2. The van der Waals surface area contributed by atoms with Gasteiger partial charge in [0.25, 0.3) is 0 Å². The smallest absolute Gasteiger partial charge is 0.244 e. The van der Waals surface area contributed by atoms with Crippen molar-refractivity contribution in [1.29, 1.82) is 0 Å². The summed E-state index contributed by atoms with van der Waals surface area (Å²) in [6, 6.07) is -0.697. The predicted octanol–water partition coefficient (Wildman–Crippen LogP) is -2.81. The molecule has 0 aromatic carbocycles. The van der Waals surface area contributed by atoms with E-state index in [0.29, 0.717) is 13.0 Å². The third kappa shape index (κ3) is 13.7. The van der Waals surface area contributed by atoms with Gasteiger partial charge in [-0.05, 0) is 12.8 Å². The maximum Gasteiger partial charge on any atom is 0.244 e. The summed E-state index contributed by atoms with van der Waals surface area (Å²) in [6.07, 6.45) is 3.92. The Kier molecular flexibility index (Phi) is 13.7. The Balaban J connectivity index is 4.17. The standard InChI is InChI=1S/C18H30N6O6/c1-3-5-8-20-18(30)12(4-2)24-17(29)11-23-16(28)10-22-15(27)7-6-14(26)21-9-13(19)25/h6-7,12H,3-5,8-11H2,1-2H3,(H2,19,25)(H,20,30)(H,21,26)(H,22,27)(H,23,28)(H,24,29)/b7-6+. The number of carbonyl (C=O) groups excluding carboxylic acids is 6. The van der Waals surface area contributed by atoms with Crippen molar-refractivity contribution in [2.45, 2.75) is 39.2 Å². The van der Waals surface area contributed by atoms with Crippen LogP contribution in [-0.4, -0.2) is 67.7 Å². The molecule has 0 heterocycles. The maximum atomic E-state index is 12.0. The van der Waals surface area contributed by atoms with Gasteiger partial charge in [0.05, 0.1) is 19.6 Å². The van der Waals surface area contributed by atoms with Crippen LogP contribution in [0.5, 0.6) is 0 Å². The van der Waals surface area contributed by atoms with Gasteiger partial charge in [-0.1, -0.05) is 20.3 Å². The number of carbonyl (C=O) groups is 6. The van der Waals surface area contributed by atoms with Crippen LogP contribution >= 0.6 is 0 Å². The third-order valence-electron chi connectivity index (χ3n) is 3.58. The molecule has 0 rings (SSSR count). The van der Waals surface area contributed by atoms with Crippen LogP contribution in [0.4, 0.5) is 0 Å². The van der Waals surface area contributed by atoms with Crippen LogP contribution < -0.4 is 32.3 Å². The number of amides is 6. The second-order valence-corrected chi connectivity index (χ2v) is 6.18. The number of hydrogen-bond donors (Lipinski definition) is 6. The highest BCUT2D eigenvalue weighted by Gasteiger charge is 2.18. The SMILES string of the molecule is CCCCNC(=O)C(CC)NC(=O)CNC(=O)CNC(=O)/C=C/C(=O)NCC(N)=O. The molecule has 0 radical (unpaired) electrons. The van der Waals surface area contributed by atoms with Gasteiger partial charge in [-0.15, -0.1) is 0 Å². The highest BCUT2D eigenvalue weighted by Crippen LogP contribution is 1.92. The molecule has 0 bridgehead atoms. The van der Waals surface area contributed by atoms with Gasteiger partial charge < -0.3 is 32.3 Å². The van der Waals surface area contributed by atoms with Crippen molar-refractivity contribution in [2.75, 3.05) is 26.2 Å². The summed E-state index contributed by atoms with van der Waals surface area (Å²) in [4.78, 5) is 68.8. The maximum absolute atomic E-state index is 12.0. The number of unbranched alkanes of at least 4 members (excludes halogenated alkanes) is 1. The molecule has 1 unspecified atom stereocenters. The molecular formula is C18H30N6O6. The molecule has 30 heavy (non-hydrogen) atoms. The molecule has 0 aliphatic carbocycles. The zero-order valence-electron chi connectivity index (χ0n) is 17.2. The van der Waals surface area contributed by atoms with Crippen LogP contribution in [0.2, 0.25) is 0 Å². The molecule has 0 aliphatic heterocycles. The first-order valence-corrected chi connectivity index (χ1v) is 9.55. The molecule has 0 aromatic heterocycles. The van der Waals surface area contributed by atoms with E-state index in [2.05, 4.69) is 26.6 Å². The van der Waals surface area contributed by atoms with Crippen molar-refractivity contribution < 1.29 is 28.8 Å². The second-order valence-electron chi connectivity index (χ2n) is 6.18. The van der Waals surface area contributed by atoms with Crippen LogP contribution in [0, 0.1) is 0 Å². The third-order valence-corrected chi connectivity index (χ3v) is 3.58. The van der Waals surface area contributed by atoms with Crippen LogP contribution in [0.1, 0.15) is 33.1 Å². The fourth-order valence-corrected chi connectivity index (χ4v) is 1.96. The molecule has 0 aliphatic rings. The molecule has 0 saturated carbocycles. The van der Waals surface area contributed by atoms with Crippen molar-refractivity contribution in [3.8, 4) is 0 Å². The monoisotopic (exact) mass is 426 g/mol. The fraction of sp³-hybridized carbons (Fsp3) is 0.556. The van der Waals surface area contributed by atoms with E-state index >= 15 is 0 Å². The zero-order valence-corrected chi connectivity index (χ0v) is 17.2. The highest BCUT2D eigenvalue weighted by atomic mass is 16.2. The molecule has 1 atom stereocenters. The second kappa shape index (κ2) is 15.5. The van der Waals surface area contributed by atoms with Gasteiger partial charge >= 0.3 is 0 Å². The summed E-state index contributed by atoms with van der Waals surface area (Å²) < 4.78 is 0. The van der Waals surface area contributed by atoms with Gasteiger partial charge in [-0.25, -0.2) is 0 Å². The van der Waals surface area contributed by atoms with Gasteiger partial charge in [0.1, 0.15) is 6.04 Å². The molecule has 168 valence electrons. The van der Waals surface area contributed by atoms with Crippen LogP contribution in [0.15, 0.2) is 12.2 Å². The average molecular weight is 426 g/mol. The Morgan fingerprint density at radius 1 is 0.800 bits per heavy atom. The molecule has 0 fully saturated rings. The summed E-state index contributed by atoms with van der Waals surface area (Å²) in [6.45, 7) is 3.12. The Hall–Kier alpha value is -3.44. The molecule has 7 N–H and O–H groups in total. The van der Waals surface area contributed by atoms with Crippen molar-refractivity contribution in [3.05, 3.63) is 12.2 Å². The zero-order chi connectivity index (χ0) is 22.9. The van der Waals surface area contributed by atoms with Crippen molar-refractivity contribution in [2.24, 2.45) is 5.73 Å². The van der Waals surface area contributed by atoms with Crippen LogP contribution in [0.25, 0.3) is 0 Å². The molecule has 6 amide bonds. The molecule has 0 spiro atoms. The van der Waals surface area contributed by atoms with E-state index in [0.717, 1.165) is 25.0 Å². The van der Waals surface area contributed by atoms with Crippen LogP contribution in [-0.2, 0) is 28.8 Å². The normalized spacial score (nSPS) is 11.3. The Morgan fingerprint density at radius 2 is 1.37 bits per heavy atom. The number of nitrogens with two attached hydrogens (primary N) is 1. The average Bonchev–Trinajstić information content (AvgIpc) is 2.71. The molecule has 0 saturated heterocycles. The number of nitrogens with one attached hydrogen (secondary N) is 5. The van der Waals surface area contributed by atoms with E-state index in [4.69, 9.17) is 5.73 Å². The Labute approximate surface area is 174 Å². The van der Waals surface area contributed by atoms with Gasteiger partial charge in [0, 0.05) is 18.7 Å². The van der Waals surface area contributed by atoms with E-state index in [1.807, 2.05) is 6.92 Å². The highest BCUT2D eigenvalue weighted by molar-refractivity contribution is 5.99. The van der Waals surface area contributed by atoms with Gasteiger partial charge in [-0.2, -0.15) is 0 Å². The van der Waals surface area contributed by atoms with Gasteiger partial charge in [0.15, 0.2) is 0 Å². The largest absolute Gasteiger partial charge is 0.368 e.